The van der Waals surface area contributed by atoms with E-state index in [1.165, 1.54) is 5.57 Å². The fourth-order valence-corrected chi connectivity index (χ4v) is 5.10. The van der Waals surface area contributed by atoms with Crippen LogP contribution in [0.2, 0.25) is 5.02 Å². The number of benzene rings is 3. The van der Waals surface area contributed by atoms with Gasteiger partial charge in [-0.2, -0.15) is 0 Å². The second-order valence-electron chi connectivity index (χ2n) is 8.90. The molecule has 172 valence electrons. The average Bonchev–Trinajstić information content (AvgIpc) is 3.49. The molecule has 0 N–H and O–H groups in total. The predicted molar refractivity (Wildman–Crippen MR) is 139 cm³/mol. The molecule has 1 unspecified atom stereocenters. The number of nitrogens with zero attached hydrogens (tertiary/aromatic N) is 4. The minimum atomic E-state index is 0.0461. The Hall–Kier alpha value is -3.96. The van der Waals surface area contributed by atoms with E-state index in [2.05, 4.69) is 16.1 Å². The van der Waals surface area contributed by atoms with Crippen LogP contribution in [-0.4, -0.2) is 40.4 Å². The highest BCUT2D eigenvalue weighted by molar-refractivity contribution is 6.30. The van der Waals surface area contributed by atoms with E-state index >= 15 is 0 Å². The standard InChI is InChI=1S/C29H23ClN4O/c30-24-10-6-9-21(15-24)25-11-4-5-12-26(25)28(35)33-16-22-18-34(19-23(22)17-33)29-31-14-13-27(32-29)20-7-2-1-3-8-20/h1-15,18,23H,16-17,19H2. The van der Waals surface area contributed by atoms with E-state index in [0.29, 0.717) is 29.6 Å². The summed E-state index contributed by atoms with van der Waals surface area (Å²) in [5.74, 6) is 1.02. The summed E-state index contributed by atoms with van der Waals surface area (Å²) in [7, 11) is 0. The van der Waals surface area contributed by atoms with Crippen LogP contribution in [0.25, 0.3) is 22.4 Å². The van der Waals surface area contributed by atoms with Crippen molar-refractivity contribution in [3.8, 4) is 22.4 Å². The SMILES string of the molecule is O=C(c1ccccc1-c1cccc(Cl)c1)N1CC2=CN(c3nccc(-c4ccccc4)n3)CC2C1. The highest BCUT2D eigenvalue weighted by Gasteiger charge is 2.37. The molecule has 1 aromatic heterocycles. The Labute approximate surface area is 209 Å². The highest BCUT2D eigenvalue weighted by atomic mass is 35.5. The molecule has 0 bridgehead atoms. The summed E-state index contributed by atoms with van der Waals surface area (Å²) >= 11 is 6.21. The summed E-state index contributed by atoms with van der Waals surface area (Å²) in [6, 6.07) is 27.4. The summed E-state index contributed by atoms with van der Waals surface area (Å²) in [6.07, 6.45) is 3.92. The molecule has 0 aliphatic carbocycles. The first-order chi connectivity index (χ1) is 17.2. The number of rotatable bonds is 4. The first-order valence-electron chi connectivity index (χ1n) is 11.7. The number of amides is 1. The molecule has 0 radical (unpaired) electrons. The van der Waals surface area contributed by atoms with Crippen LogP contribution in [0.15, 0.2) is 103 Å². The molecule has 6 heteroatoms. The lowest BCUT2D eigenvalue weighted by molar-refractivity contribution is 0.0790. The molecular weight excluding hydrogens is 456 g/mol. The highest BCUT2D eigenvalue weighted by Crippen LogP contribution is 2.34. The Morgan fingerprint density at radius 3 is 2.51 bits per heavy atom. The number of likely N-dealkylation sites (tertiary alicyclic amines) is 1. The Balaban J connectivity index is 1.22. The molecule has 3 heterocycles. The zero-order valence-corrected chi connectivity index (χ0v) is 19.8. The van der Waals surface area contributed by atoms with Gasteiger partial charge in [-0.1, -0.05) is 72.3 Å². The van der Waals surface area contributed by atoms with Gasteiger partial charge >= 0.3 is 0 Å². The van der Waals surface area contributed by atoms with Gasteiger partial charge in [-0.05, 0) is 41.0 Å². The van der Waals surface area contributed by atoms with Gasteiger partial charge in [0.25, 0.3) is 5.91 Å². The minimum Gasteiger partial charge on any atom is -0.334 e. The average molecular weight is 479 g/mol. The van der Waals surface area contributed by atoms with Crippen molar-refractivity contribution in [2.75, 3.05) is 24.5 Å². The number of carbonyl (C=O) groups is 1. The van der Waals surface area contributed by atoms with Crippen LogP contribution < -0.4 is 4.90 Å². The van der Waals surface area contributed by atoms with Crippen molar-refractivity contribution in [1.82, 2.24) is 14.9 Å². The lowest BCUT2D eigenvalue weighted by atomic mass is 9.99. The lowest BCUT2D eigenvalue weighted by Gasteiger charge is -2.21. The molecule has 5 nitrogen and oxygen atoms in total. The maximum atomic E-state index is 13.5. The Morgan fingerprint density at radius 1 is 0.886 bits per heavy atom. The molecule has 0 spiro atoms. The van der Waals surface area contributed by atoms with Crippen LogP contribution >= 0.6 is 11.6 Å². The third kappa shape index (κ3) is 4.19. The van der Waals surface area contributed by atoms with E-state index < -0.39 is 0 Å². The molecule has 35 heavy (non-hydrogen) atoms. The first kappa shape index (κ1) is 21.6. The van der Waals surface area contributed by atoms with E-state index in [1.807, 2.05) is 89.8 Å². The van der Waals surface area contributed by atoms with Gasteiger partial charge in [-0.25, -0.2) is 9.97 Å². The van der Waals surface area contributed by atoms with Gasteiger partial charge in [0.05, 0.1) is 5.69 Å². The van der Waals surface area contributed by atoms with Crippen molar-refractivity contribution in [2.24, 2.45) is 5.92 Å². The summed E-state index contributed by atoms with van der Waals surface area (Å²) < 4.78 is 0. The lowest BCUT2D eigenvalue weighted by Crippen LogP contribution is -2.31. The number of carbonyl (C=O) groups excluding carboxylic acids is 1. The summed E-state index contributed by atoms with van der Waals surface area (Å²) in [4.78, 5) is 26.9. The molecule has 1 fully saturated rings. The molecular formula is C29H23ClN4O. The van der Waals surface area contributed by atoms with Crippen molar-refractivity contribution in [1.29, 1.82) is 0 Å². The zero-order valence-electron chi connectivity index (χ0n) is 19.0. The molecule has 0 saturated carbocycles. The van der Waals surface area contributed by atoms with Crippen LogP contribution in [0.4, 0.5) is 5.95 Å². The smallest absolute Gasteiger partial charge is 0.254 e. The van der Waals surface area contributed by atoms with Gasteiger partial charge in [0, 0.05) is 54.1 Å². The van der Waals surface area contributed by atoms with Crippen LogP contribution in [-0.2, 0) is 0 Å². The van der Waals surface area contributed by atoms with Gasteiger partial charge in [0.2, 0.25) is 5.95 Å². The largest absolute Gasteiger partial charge is 0.334 e. The number of halogens is 1. The number of aromatic nitrogens is 2. The van der Waals surface area contributed by atoms with Crippen LogP contribution in [0, 0.1) is 5.92 Å². The van der Waals surface area contributed by atoms with Crippen LogP contribution in [0.1, 0.15) is 10.4 Å². The van der Waals surface area contributed by atoms with Crippen molar-refractivity contribution in [3.05, 3.63) is 113 Å². The number of hydrogen-bond acceptors (Lipinski definition) is 4. The van der Waals surface area contributed by atoms with Gasteiger partial charge < -0.3 is 9.80 Å². The molecule has 4 aromatic rings. The third-order valence-electron chi connectivity index (χ3n) is 6.63. The Kier molecular flexibility index (Phi) is 5.55. The first-order valence-corrected chi connectivity index (χ1v) is 12.0. The normalized spacial score (nSPS) is 16.8. The summed E-state index contributed by atoms with van der Waals surface area (Å²) in [6.45, 7) is 2.07. The zero-order chi connectivity index (χ0) is 23.8. The fraction of sp³-hybridized carbons (Fsp3) is 0.138. The molecule has 1 saturated heterocycles. The monoisotopic (exact) mass is 478 g/mol. The predicted octanol–water partition coefficient (Wildman–Crippen LogP) is 5.94. The summed E-state index contributed by atoms with van der Waals surface area (Å²) in [5, 5.41) is 0.657. The molecule has 3 aromatic carbocycles. The van der Waals surface area contributed by atoms with Gasteiger partial charge in [0.15, 0.2) is 0 Å². The van der Waals surface area contributed by atoms with Gasteiger partial charge in [-0.15, -0.1) is 0 Å². The van der Waals surface area contributed by atoms with E-state index in [1.54, 1.807) is 6.20 Å². The van der Waals surface area contributed by atoms with Gasteiger partial charge in [-0.3, -0.25) is 4.79 Å². The van der Waals surface area contributed by atoms with Crippen molar-refractivity contribution in [3.63, 3.8) is 0 Å². The fourth-order valence-electron chi connectivity index (χ4n) is 4.91. The quantitative estimate of drug-likeness (QED) is 0.364. The molecule has 2 aliphatic heterocycles. The van der Waals surface area contributed by atoms with E-state index in [0.717, 1.165) is 28.9 Å². The second-order valence-corrected chi connectivity index (χ2v) is 9.34. The second kappa shape index (κ2) is 9.01. The van der Waals surface area contributed by atoms with Crippen LogP contribution in [0.3, 0.4) is 0 Å². The molecule has 2 aliphatic rings. The maximum absolute atomic E-state index is 13.5. The van der Waals surface area contributed by atoms with Crippen molar-refractivity contribution >= 4 is 23.5 Å². The molecule has 1 atom stereocenters. The van der Waals surface area contributed by atoms with Gasteiger partial charge in [0.1, 0.15) is 0 Å². The maximum Gasteiger partial charge on any atom is 0.254 e. The molecule has 6 rings (SSSR count). The summed E-state index contributed by atoms with van der Waals surface area (Å²) in [5.41, 5.74) is 5.76. The van der Waals surface area contributed by atoms with E-state index in [4.69, 9.17) is 16.6 Å². The number of fused-ring (bicyclic) bond motifs is 1. The van der Waals surface area contributed by atoms with E-state index in [9.17, 15) is 4.79 Å². The Bertz CT molecular complexity index is 1440. The third-order valence-corrected chi connectivity index (χ3v) is 6.86. The molecule has 1 amide bonds. The van der Waals surface area contributed by atoms with Crippen LogP contribution in [0.5, 0.6) is 0 Å². The van der Waals surface area contributed by atoms with E-state index in [-0.39, 0.29) is 11.8 Å². The topological polar surface area (TPSA) is 49.3 Å². The minimum absolute atomic E-state index is 0.0461. The van der Waals surface area contributed by atoms with Crippen molar-refractivity contribution < 1.29 is 4.79 Å². The number of anilines is 1. The van der Waals surface area contributed by atoms with Crippen molar-refractivity contribution in [2.45, 2.75) is 0 Å². The number of hydrogen-bond donors (Lipinski definition) is 0. The Morgan fingerprint density at radius 2 is 1.69 bits per heavy atom.